The monoisotopic (exact) mass is 360 g/mol. The summed E-state index contributed by atoms with van der Waals surface area (Å²) in [6, 6.07) is 0. The van der Waals surface area contributed by atoms with Crippen molar-refractivity contribution in [3.63, 3.8) is 0 Å². The number of hydrogen-bond acceptors (Lipinski definition) is 6. The van der Waals surface area contributed by atoms with Crippen LogP contribution < -0.4 is 4.72 Å². The van der Waals surface area contributed by atoms with Crippen LogP contribution in [0, 0.1) is 13.8 Å². The van der Waals surface area contributed by atoms with Crippen LogP contribution in [0.2, 0.25) is 0 Å². The highest BCUT2D eigenvalue weighted by atomic mass is 32.2. The van der Waals surface area contributed by atoms with Gasteiger partial charge in [0, 0.05) is 0 Å². The predicted molar refractivity (Wildman–Crippen MR) is 89.0 cm³/mol. The lowest BCUT2D eigenvalue weighted by Gasteiger charge is -2.20. The van der Waals surface area contributed by atoms with Gasteiger partial charge in [-0.05, 0) is 33.6 Å². The van der Waals surface area contributed by atoms with Crippen LogP contribution in [0.3, 0.4) is 0 Å². The molecule has 1 aliphatic carbocycles. The Morgan fingerprint density at radius 2 is 1.87 bits per heavy atom. The highest BCUT2D eigenvalue weighted by molar-refractivity contribution is 7.92. The van der Waals surface area contributed by atoms with Gasteiger partial charge in [0.15, 0.2) is 4.21 Å². The standard InChI is InChI=1S/C15H24N2O4S2/c1-10-15(22-12(3)16-10)23(19,20)17-14(18)11(2)21-13-8-6-4-5-7-9-13/h11,13H,4-9H2,1-3H3,(H,17,18). The number of sulfonamides is 1. The molecule has 0 spiro atoms. The molecule has 1 aromatic heterocycles. The Morgan fingerprint density at radius 3 is 2.39 bits per heavy atom. The highest BCUT2D eigenvalue weighted by Crippen LogP contribution is 2.23. The molecule has 2 rings (SSSR count). The van der Waals surface area contributed by atoms with Crippen LogP contribution in [-0.4, -0.2) is 31.5 Å². The molecule has 130 valence electrons. The lowest BCUT2D eigenvalue weighted by Crippen LogP contribution is -2.40. The summed E-state index contributed by atoms with van der Waals surface area (Å²) in [5, 5.41) is 0.651. The van der Waals surface area contributed by atoms with Crippen LogP contribution in [0.5, 0.6) is 0 Å². The molecule has 1 amide bonds. The first kappa shape index (κ1) is 18.4. The van der Waals surface area contributed by atoms with E-state index in [1.807, 2.05) is 0 Å². The van der Waals surface area contributed by atoms with E-state index in [9.17, 15) is 13.2 Å². The maximum absolute atomic E-state index is 12.3. The van der Waals surface area contributed by atoms with Gasteiger partial charge in [-0.15, -0.1) is 11.3 Å². The third-order valence-electron chi connectivity index (χ3n) is 3.91. The first-order valence-electron chi connectivity index (χ1n) is 7.96. The Bertz CT molecular complexity index is 646. The smallest absolute Gasteiger partial charge is 0.275 e. The van der Waals surface area contributed by atoms with E-state index in [1.165, 1.54) is 12.8 Å². The highest BCUT2D eigenvalue weighted by Gasteiger charge is 2.27. The molecular formula is C15H24N2O4S2. The second kappa shape index (κ2) is 7.72. The quantitative estimate of drug-likeness (QED) is 0.816. The maximum atomic E-state index is 12.3. The van der Waals surface area contributed by atoms with Gasteiger partial charge in [-0.25, -0.2) is 18.1 Å². The van der Waals surface area contributed by atoms with Crippen molar-refractivity contribution in [3.8, 4) is 0 Å². The lowest BCUT2D eigenvalue weighted by atomic mass is 10.1. The van der Waals surface area contributed by atoms with E-state index in [0.717, 1.165) is 37.0 Å². The minimum absolute atomic E-state index is 0.0355. The van der Waals surface area contributed by atoms with E-state index in [1.54, 1.807) is 20.8 Å². The second-order valence-corrected chi connectivity index (χ2v) is 9.05. The Balaban J connectivity index is 1.98. The number of nitrogens with one attached hydrogen (secondary N) is 1. The summed E-state index contributed by atoms with van der Waals surface area (Å²) in [5.74, 6) is -0.625. The maximum Gasteiger partial charge on any atom is 0.275 e. The first-order chi connectivity index (χ1) is 10.8. The molecule has 0 radical (unpaired) electrons. The van der Waals surface area contributed by atoms with Gasteiger partial charge >= 0.3 is 0 Å². The molecule has 1 heterocycles. The molecular weight excluding hydrogens is 336 g/mol. The van der Waals surface area contributed by atoms with Gasteiger partial charge in [-0.3, -0.25) is 4.79 Å². The SMILES string of the molecule is Cc1nc(C)c(S(=O)(=O)NC(=O)C(C)OC2CCCCCC2)s1. The van der Waals surface area contributed by atoms with Crippen molar-refractivity contribution in [2.24, 2.45) is 0 Å². The van der Waals surface area contributed by atoms with Crippen LogP contribution in [0.1, 0.15) is 56.2 Å². The molecule has 0 bridgehead atoms. The number of aryl methyl sites for hydroxylation is 2. The number of hydrogen-bond donors (Lipinski definition) is 1. The third kappa shape index (κ3) is 4.99. The van der Waals surface area contributed by atoms with Crippen LogP contribution in [0.4, 0.5) is 0 Å². The summed E-state index contributed by atoms with van der Waals surface area (Å²) in [6.07, 6.45) is 5.68. The minimum Gasteiger partial charge on any atom is -0.365 e. The van der Waals surface area contributed by atoms with Crippen molar-refractivity contribution in [1.82, 2.24) is 9.71 Å². The van der Waals surface area contributed by atoms with Crippen LogP contribution >= 0.6 is 11.3 Å². The largest absolute Gasteiger partial charge is 0.365 e. The summed E-state index contributed by atoms with van der Waals surface area (Å²) >= 11 is 1.06. The van der Waals surface area contributed by atoms with E-state index in [4.69, 9.17) is 4.74 Å². The molecule has 1 N–H and O–H groups in total. The molecule has 0 aliphatic heterocycles. The van der Waals surface area contributed by atoms with Crippen LogP contribution in [0.25, 0.3) is 0 Å². The molecule has 1 atom stereocenters. The molecule has 1 fully saturated rings. The Kier molecular flexibility index (Phi) is 6.16. The Hall–Kier alpha value is -0.990. The van der Waals surface area contributed by atoms with E-state index >= 15 is 0 Å². The molecule has 1 aliphatic rings. The fraction of sp³-hybridized carbons (Fsp3) is 0.733. The molecule has 23 heavy (non-hydrogen) atoms. The van der Waals surface area contributed by atoms with Gasteiger partial charge in [-0.1, -0.05) is 25.7 Å². The van der Waals surface area contributed by atoms with Crippen molar-refractivity contribution in [3.05, 3.63) is 10.7 Å². The number of rotatable bonds is 5. The normalized spacial score (nSPS) is 18.4. The minimum atomic E-state index is -3.89. The van der Waals surface area contributed by atoms with Crippen LogP contribution in [-0.2, 0) is 19.6 Å². The zero-order chi connectivity index (χ0) is 17.0. The van der Waals surface area contributed by atoms with Crippen molar-refractivity contribution < 1.29 is 17.9 Å². The third-order valence-corrected chi connectivity index (χ3v) is 6.94. The van der Waals surface area contributed by atoms with E-state index < -0.39 is 22.0 Å². The van der Waals surface area contributed by atoms with Gasteiger partial charge in [0.1, 0.15) is 6.10 Å². The van der Waals surface area contributed by atoms with Gasteiger partial charge in [-0.2, -0.15) is 0 Å². The van der Waals surface area contributed by atoms with Gasteiger partial charge in [0.25, 0.3) is 15.9 Å². The topological polar surface area (TPSA) is 85.4 Å². The Morgan fingerprint density at radius 1 is 1.26 bits per heavy atom. The fourth-order valence-corrected chi connectivity index (χ4v) is 5.28. The van der Waals surface area contributed by atoms with Gasteiger partial charge < -0.3 is 4.74 Å². The summed E-state index contributed by atoms with van der Waals surface area (Å²) in [5.41, 5.74) is 0.408. The number of carbonyl (C=O) groups is 1. The fourth-order valence-electron chi connectivity index (χ4n) is 2.75. The zero-order valence-corrected chi connectivity index (χ0v) is 15.4. The van der Waals surface area contributed by atoms with Crippen molar-refractivity contribution >= 4 is 27.3 Å². The summed E-state index contributed by atoms with van der Waals surface area (Å²) in [7, 11) is -3.89. The average molecular weight is 361 g/mol. The summed E-state index contributed by atoms with van der Waals surface area (Å²) in [4.78, 5) is 16.3. The Labute approximate surface area is 141 Å². The summed E-state index contributed by atoms with van der Waals surface area (Å²) in [6.45, 7) is 4.95. The first-order valence-corrected chi connectivity index (χ1v) is 10.3. The van der Waals surface area contributed by atoms with Crippen molar-refractivity contribution in [2.75, 3.05) is 0 Å². The van der Waals surface area contributed by atoms with Gasteiger partial charge in [0.05, 0.1) is 16.8 Å². The number of ether oxygens (including phenoxy) is 1. The number of amides is 1. The second-order valence-electron chi connectivity index (χ2n) is 5.97. The average Bonchev–Trinajstić information content (AvgIpc) is 2.66. The van der Waals surface area contributed by atoms with Crippen molar-refractivity contribution in [2.45, 2.75) is 75.7 Å². The zero-order valence-electron chi connectivity index (χ0n) is 13.8. The van der Waals surface area contributed by atoms with E-state index in [-0.39, 0.29) is 10.3 Å². The van der Waals surface area contributed by atoms with E-state index in [2.05, 4.69) is 9.71 Å². The number of nitrogens with zero attached hydrogens (tertiary/aromatic N) is 1. The molecule has 6 nitrogen and oxygen atoms in total. The van der Waals surface area contributed by atoms with E-state index in [0.29, 0.717) is 10.7 Å². The van der Waals surface area contributed by atoms with Crippen molar-refractivity contribution in [1.29, 1.82) is 0 Å². The number of thiazole rings is 1. The predicted octanol–water partition coefficient (Wildman–Crippen LogP) is 2.69. The molecule has 0 saturated heterocycles. The molecule has 1 saturated carbocycles. The molecule has 1 unspecified atom stereocenters. The van der Waals surface area contributed by atoms with Crippen LogP contribution in [0.15, 0.2) is 4.21 Å². The number of aromatic nitrogens is 1. The summed E-state index contributed by atoms with van der Waals surface area (Å²) < 4.78 is 32.6. The lowest BCUT2D eigenvalue weighted by molar-refractivity contribution is -0.133. The molecule has 0 aromatic carbocycles. The molecule has 1 aromatic rings. The molecule has 8 heteroatoms. The van der Waals surface area contributed by atoms with Gasteiger partial charge in [0.2, 0.25) is 0 Å². The number of carbonyl (C=O) groups excluding carboxylic acids is 1.